The first kappa shape index (κ1) is 21.2. The second-order valence-electron chi connectivity index (χ2n) is 9.36. The fraction of sp³-hybridized carbons (Fsp3) is 0.520. The SMILES string of the molecule is COc1cccc(-c2ccc3n(c2=O)C[C@@H]2[C@@H](CO)[C@H](C(=O)NC4CCCC4)[C@H]3N2C)c1. The summed E-state index contributed by atoms with van der Waals surface area (Å²) in [6.45, 7) is 0.400. The molecule has 1 aromatic carbocycles. The van der Waals surface area contributed by atoms with Gasteiger partial charge in [0.15, 0.2) is 0 Å². The van der Waals surface area contributed by atoms with E-state index in [-0.39, 0.29) is 48.0 Å². The lowest BCUT2D eigenvalue weighted by atomic mass is 9.86. The van der Waals surface area contributed by atoms with Crippen molar-refractivity contribution < 1.29 is 14.6 Å². The third-order valence-corrected chi connectivity index (χ3v) is 7.73. The molecule has 2 fully saturated rings. The predicted molar refractivity (Wildman–Crippen MR) is 121 cm³/mol. The Morgan fingerprint density at radius 2 is 2.00 bits per heavy atom. The first-order chi connectivity index (χ1) is 15.5. The minimum Gasteiger partial charge on any atom is -0.497 e. The third-order valence-electron chi connectivity index (χ3n) is 7.73. The highest BCUT2D eigenvalue weighted by Crippen LogP contribution is 2.47. The van der Waals surface area contributed by atoms with E-state index in [2.05, 4.69) is 10.2 Å². The number of benzene rings is 1. The summed E-state index contributed by atoms with van der Waals surface area (Å²) in [4.78, 5) is 29.1. The van der Waals surface area contributed by atoms with Gasteiger partial charge in [-0.05, 0) is 49.7 Å². The van der Waals surface area contributed by atoms with Crippen LogP contribution in [0.1, 0.15) is 37.4 Å². The van der Waals surface area contributed by atoms with Crippen molar-refractivity contribution in [1.82, 2.24) is 14.8 Å². The van der Waals surface area contributed by atoms with Crippen LogP contribution in [0.25, 0.3) is 11.1 Å². The van der Waals surface area contributed by atoms with Gasteiger partial charge in [0.25, 0.3) is 5.56 Å². The molecule has 3 aliphatic rings. The third kappa shape index (κ3) is 3.35. The van der Waals surface area contributed by atoms with Crippen LogP contribution >= 0.6 is 0 Å². The smallest absolute Gasteiger partial charge is 0.258 e. The molecule has 1 saturated heterocycles. The summed E-state index contributed by atoms with van der Waals surface area (Å²) in [5, 5.41) is 13.5. The van der Waals surface area contributed by atoms with Crippen molar-refractivity contribution in [2.45, 2.75) is 50.4 Å². The number of methoxy groups -OCH3 is 1. The maximum atomic E-state index is 13.5. The van der Waals surface area contributed by atoms with Crippen LogP contribution in [0.15, 0.2) is 41.2 Å². The summed E-state index contributed by atoms with van der Waals surface area (Å²) in [6, 6.07) is 11.3. The van der Waals surface area contributed by atoms with Crippen LogP contribution in [0, 0.1) is 11.8 Å². The molecule has 2 aliphatic heterocycles. The van der Waals surface area contributed by atoms with Crippen molar-refractivity contribution in [2.24, 2.45) is 11.8 Å². The maximum absolute atomic E-state index is 13.5. The number of fused-ring (bicyclic) bond motifs is 4. The maximum Gasteiger partial charge on any atom is 0.258 e. The molecule has 1 aliphatic carbocycles. The van der Waals surface area contributed by atoms with E-state index in [9.17, 15) is 14.7 Å². The Hall–Kier alpha value is -2.64. The molecule has 1 saturated carbocycles. The Bertz CT molecular complexity index is 1080. The average Bonchev–Trinajstić information content (AvgIpc) is 3.36. The van der Waals surface area contributed by atoms with E-state index < -0.39 is 0 Å². The summed E-state index contributed by atoms with van der Waals surface area (Å²) in [5.41, 5.74) is 2.21. The van der Waals surface area contributed by atoms with Crippen LogP contribution in [0.5, 0.6) is 5.75 Å². The Balaban J connectivity index is 1.53. The molecule has 1 aromatic heterocycles. The minimum atomic E-state index is -0.369. The Kier molecular flexibility index (Phi) is 5.55. The lowest BCUT2D eigenvalue weighted by Crippen LogP contribution is -2.44. The zero-order valence-corrected chi connectivity index (χ0v) is 18.7. The molecule has 2 bridgehead atoms. The number of carbonyl (C=O) groups excluding carboxylic acids is 1. The van der Waals surface area contributed by atoms with Crippen molar-refractivity contribution in [3.63, 3.8) is 0 Å². The van der Waals surface area contributed by atoms with E-state index in [1.165, 1.54) is 0 Å². The molecule has 3 heterocycles. The van der Waals surface area contributed by atoms with Gasteiger partial charge in [-0.2, -0.15) is 0 Å². The number of carbonyl (C=O) groups is 1. The normalized spacial score (nSPS) is 27.3. The van der Waals surface area contributed by atoms with Crippen LogP contribution < -0.4 is 15.6 Å². The van der Waals surface area contributed by atoms with E-state index >= 15 is 0 Å². The number of nitrogens with zero attached hydrogens (tertiary/aromatic N) is 2. The number of aliphatic hydroxyl groups excluding tert-OH is 1. The molecule has 5 rings (SSSR count). The van der Waals surface area contributed by atoms with Crippen LogP contribution in [-0.2, 0) is 11.3 Å². The molecule has 0 radical (unpaired) electrons. The quantitative estimate of drug-likeness (QED) is 0.749. The first-order valence-electron chi connectivity index (χ1n) is 11.5. The summed E-state index contributed by atoms with van der Waals surface area (Å²) < 4.78 is 7.14. The van der Waals surface area contributed by atoms with Crippen molar-refractivity contribution in [1.29, 1.82) is 0 Å². The molecule has 7 nitrogen and oxygen atoms in total. The number of hydrogen-bond acceptors (Lipinski definition) is 5. The molecular weight excluding hydrogens is 406 g/mol. The number of aromatic nitrogens is 1. The second kappa shape index (κ2) is 8.37. The van der Waals surface area contributed by atoms with Crippen molar-refractivity contribution in [3.05, 3.63) is 52.4 Å². The average molecular weight is 438 g/mol. The first-order valence-corrected chi connectivity index (χ1v) is 11.5. The lowest BCUT2D eigenvalue weighted by Gasteiger charge is -2.35. The summed E-state index contributed by atoms with van der Waals surface area (Å²) in [5.74, 6) is 0.138. The zero-order chi connectivity index (χ0) is 22.4. The van der Waals surface area contributed by atoms with Gasteiger partial charge in [-0.15, -0.1) is 0 Å². The van der Waals surface area contributed by atoms with E-state index in [0.717, 1.165) is 36.9 Å². The predicted octanol–water partition coefficient (Wildman–Crippen LogP) is 2.18. The van der Waals surface area contributed by atoms with E-state index in [4.69, 9.17) is 4.74 Å². The number of ether oxygens (including phenoxy) is 1. The second-order valence-corrected chi connectivity index (χ2v) is 9.36. The Morgan fingerprint density at radius 3 is 2.72 bits per heavy atom. The highest BCUT2D eigenvalue weighted by atomic mass is 16.5. The van der Waals surface area contributed by atoms with Gasteiger partial charge in [-0.3, -0.25) is 14.5 Å². The molecule has 7 heteroatoms. The molecule has 0 unspecified atom stereocenters. The van der Waals surface area contributed by atoms with Gasteiger partial charge in [-0.25, -0.2) is 0 Å². The fourth-order valence-electron chi connectivity index (χ4n) is 6.07. The van der Waals surface area contributed by atoms with Crippen LogP contribution in [0.2, 0.25) is 0 Å². The van der Waals surface area contributed by atoms with Crippen LogP contribution in [-0.4, -0.2) is 53.3 Å². The van der Waals surface area contributed by atoms with E-state index in [1.807, 2.05) is 48.0 Å². The van der Waals surface area contributed by atoms with Gasteiger partial charge in [0.1, 0.15) is 5.75 Å². The molecule has 2 aromatic rings. The number of likely N-dealkylation sites (N-methyl/N-ethyl adjacent to an activating group) is 1. The topological polar surface area (TPSA) is 83.8 Å². The van der Waals surface area contributed by atoms with Crippen molar-refractivity contribution in [2.75, 3.05) is 20.8 Å². The van der Waals surface area contributed by atoms with Gasteiger partial charge in [0.05, 0.1) is 19.1 Å². The van der Waals surface area contributed by atoms with Crippen molar-refractivity contribution >= 4 is 5.91 Å². The fourth-order valence-corrected chi connectivity index (χ4v) is 6.07. The van der Waals surface area contributed by atoms with Gasteiger partial charge in [-0.1, -0.05) is 25.0 Å². The molecular formula is C25H31N3O4. The monoisotopic (exact) mass is 437 g/mol. The molecule has 2 N–H and O–H groups in total. The van der Waals surface area contributed by atoms with Gasteiger partial charge in [0.2, 0.25) is 5.91 Å². The molecule has 32 heavy (non-hydrogen) atoms. The number of hydrogen-bond donors (Lipinski definition) is 2. The van der Waals surface area contributed by atoms with E-state index in [0.29, 0.717) is 17.9 Å². The number of pyridine rings is 1. The van der Waals surface area contributed by atoms with Gasteiger partial charge >= 0.3 is 0 Å². The molecule has 0 spiro atoms. The highest BCUT2D eigenvalue weighted by Gasteiger charge is 2.54. The van der Waals surface area contributed by atoms with Gasteiger partial charge in [0, 0.05) is 42.4 Å². The number of aliphatic hydroxyl groups is 1. The minimum absolute atomic E-state index is 0.00747. The zero-order valence-electron chi connectivity index (χ0n) is 18.7. The number of rotatable bonds is 5. The number of amides is 1. The number of nitrogens with one attached hydrogen (secondary N) is 1. The summed E-state index contributed by atoms with van der Waals surface area (Å²) >= 11 is 0. The highest BCUT2D eigenvalue weighted by molar-refractivity contribution is 5.81. The molecule has 4 atom stereocenters. The Labute approximate surface area is 188 Å². The van der Waals surface area contributed by atoms with Crippen LogP contribution in [0.4, 0.5) is 0 Å². The van der Waals surface area contributed by atoms with E-state index in [1.54, 1.807) is 7.11 Å². The molecule has 1 amide bonds. The van der Waals surface area contributed by atoms with Crippen LogP contribution in [0.3, 0.4) is 0 Å². The lowest BCUT2D eigenvalue weighted by molar-refractivity contribution is -0.128. The summed E-state index contributed by atoms with van der Waals surface area (Å²) in [6.07, 6.45) is 4.34. The Morgan fingerprint density at radius 1 is 1.22 bits per heavy atom. The van der Waals surface area contributed by atoms with Crippen molar-refractivity contribution in [3.8, 4) is 16.9 Å². The molecule has 170 valence electrons. The van der Waals surface area contributed by atoms with Gasteiger partial charge < -0.3 is 19.7 Å². The standard InChI is InChI=1S/C25H31N3O4/c1-27-21-13-28-20(11-10-18(25(28)31)15-6-5-9-17(12-15)32-2)23(27)22(19(21)14-29)24(30)26-16-7-3-4-8-16/h5-6,9-12,16,19,21-23,29H,3-4,7-8,13-14H2,1-2H3,(H,26,30)/t19-,21-,22+,23+/m1/s1. The largest absolute Gasteiger partial charge is 0.497 e. The summed E-state index contributed by atoms with van der Waals surface area (Å²) in [7, 11) is 3.61.